The Bertz CT molecular complexity index is 573. The molecule has 0 fully saturated rings. The van der Waals surface area contributed by atoms with Crippen molar-refractivity contribution in [1.82, 2.24) is 9.78 Å². The molecule has 0 aliphatic carbocycles. The largest absolute Gasteiger partial charge is 0.384 e. The van der Waals surface area contributed by atoms with Crippen molar-refractivity contribution >= 4 is 11.5 Å². The number of benzene rings is 1. The molecule has 0 bridgehead atoms. The Morgan fingerprint density at radius 1 is 1.42 bits per heavy atom. The van der Waals surface area contributed by atoms with Crippen LogP contribution in [0.3, 0.4) is 0 Å². The number of aromatic nitrogens is 2. The zero-order chi connectivity index (χ0) is 13.8. The van der Waals surface area contributed by atoms with Crippen molar-refractivity contribution in [1.29, 1.82) is 5.41 Å². The fourth-order valence-electron chi connectivity index (χ4n) is 1.97. The van der Waals surface area contributed by atoms with Gasteiger partial charge in [0.15, 0.2) is 0 Å². The molecule has 1 heterocycles. The van der Waals surface area contributed by atoms with E-state index >= 15 is 0 Å². The normalized spacial score (nSPS) is 10.4. The summed E-state index contributed by atoms with van der Waals surface area (Å²) in [4.78, 5) is 2.15. The highest BCUT2D eigenvalue weighted by molar-refractivity contribution is 5.95. The maximum Gasteiger partial charge on any atom is 0.122 e. The highest BCUT2D eigenvalue weighted by Crippen LogP contribution is 2.15. The molecule has 0 atom stereocenters. The van der Waals surface area contributed by atoms with Gasteiger partial charge in [0.2, 0.25) is 0 Å². The smallest absolute Gasteiger partial charge is 0.122 e. The van der Waals surface area contributed by atoms with Gasteiger partial charge in [-0.1, -0.05) is 12.1 Å². The van der Waals surface area contributed by atoms with E-state index in [0.717, 1.165) is 24.2 Å². The molecule has 19 heavy (non-hydrogen) atoms. The molecular weight excluding hydrogens is 238 g/mol. The van der Waals surface area contributed by atoms with Gasteiger partial charge in [-0.3, -0.25) is 10.1 Å². The van der Waals surface area contributed by atoms with Gasteiger partial charge < -0.3 is 10.6 Å². The van der Waals surface area contributed by atoms with Gasteiger partial charge in [0.05, 0.1) is 0 Å². The molecule has 0 aliphatic heterocycles. The number of rotatable bonds is 5. The van der Waals surface area contributed by atoms with Crippen LogP contribution in [-0.4, -0.2) is 29.2 Å². The molecule has 0 saturated heterocycles. The van der Waals surface area contributed by atoms with E-state index in [9.17, 15) is 0 Å². The van der Waals surface area contributed by atoms with Gasteiger partial charge in [0, 0.05) is 50.2 Å². The second-order valence-electron chi connectivity index (χ2n) is 4.58. The third kappa shape index (κ3) is 3.13. The van der Waals surface area contributed by atoms with Gasteiger partial charge in [-0.25, -0.2) is 0 Å². The van der Waals surface area contributed by atoms with Gasteiger partial charge in [-0.05, 0) is 18.2 Å². The van der Waals surface area contributed by atoms with Crippen LogP contribution in [0.25, 0.3) is 0 Å². The second kappa shape index (κ2) is 5.56. The maximum absolute atomic E-state index is 7.46. The first-order valence-corrected chi connectivity index (χ1v) is 6.20. The third-order valence-electron chi connectivity index (χ3n) is 3.22. The standard InChI is InChI=1S/C14H19N5/c1-18(9-7-12-6-8-17-19(12)2)13-5-3-4-11(10-13)14(15)16/h3-6,8,10H,7,9H2,1-2H3,(H3,15,16). The van der Waals surface area contributed by atoms with Crippen molar-refractivity contribution in [2.75, 3.05) is 18.5 Å². The Labute approximate surface area is 113 Å². The Morgan fingerprint density at radius 3 is 2.84 bits per heavy atom. The Balaban J connectivity index is 2.03. The minimum Gasteiger partial charge on any atom is -0.384 e. The van der Waals surface area contributed by atoms with Gasteiger partial charge in [-0.15, -0.1) is 0 Å². The lowest BCUT2D eigenvalue weighted by molar-refractivity contribution is 0.699. The van der Waals surface area contributed by atoms with Crippen LogP contribution in [-0.2, 0) is 13.5 Å². The van der Waals surface area contributed by atoms with Gasteiger partial charge >= 0.3 is 0 Å². The van der Waals surface area contributed by atoms with Gasteiger partial charge in [-0.2, -0.15) is 5.10 Å². The molecule has 0 spiro atoms. The number of hydrogen-bond acceptors (Lipinski definition) is 3. The Kier molecular flexibility index (Phi) is 3.85. The third-order valence-corrected chi connectivity index (χ3v) is 3.22. The summed E-state index contributed by atoms with van der Waals surface area (Å²) in [6.45, 7) is 0.890. The quantitative estimate of drug-likeness (QED) is 0.628. The minimum absolute atomic E-state index is 0.0990. The molecule has 1 aromatic carbocycles. The molecule has 2 rings (SSSR count). The lowest BCUT2D eigenvalue weighted by atomic mass is 10.1. The number of hydrogen-bond donors (Lipinski definition) is 2. The second-order valence-corrected chi connectivity index (χ2v) is 4.58. The molecule has 2 aromatic rings. The van der Waals surface area contributed by atoms with E-state index in [1.807, 2.05) is 55.3 Å². The molecule has 0 aliphatic rings. The molecule has 5 nitrogen and oxygen atoms in total. The van der Waals surface area contributed by atoms with Crippen molar-refractivity contribution in [3.05, 3.63) is 47.8 Å². The SMILES string of the molecule is CN(CCc1ccnn1C)c1cccc(C(=N)N)c1. The van der Waals surface area contributed by atoms with Crippen molar-refractivity contribution in [2.45, 2.75) is 6.42 Å². The Morgan fingerprint density at radius 2 is 2.21 bits per heavy atom. The highest BCUT2D eigenvalue weighted by Gasteiger charge is 2.05. The molecule has 0 radical (unpaired) electrons. The number of aryl methyl sites for hydroxylation is 1. The predicted octanol–water partition coefficient (Wildman–Crippen LogP) is 1.38. The van der Waals surface area contributed by atoms with E-state index in [0.29, 0.717) is 0 Å². The summed E-state index contributed by atoms with van der Waals surface area (Å²) in [7, 11) is 3.99. The number of amidine groups is 1. The molecular formula is C14H19N5. The van der Waals surface area contributed by atoms with Crippen molar-refractivity contribution in [3.8, 4) is 0 Å². The summed E-state index contributed by atoms with van der Waals surface area (Å²) in [6, 6.07) is 9.76. The highest BCUT2D eigenvalue weighted by atomic mass is 15.3. The number of anilines is 1. The average Bonchev–Trinajstić information content (AvgIpc) is 2.81. The van der Waals surface area contributed by atoms with E-state index < -0.39 is 0 Å². The zero-order valence-corrected chi connectivity index (χ0v) is 11.3. The van der Waals surface area contributed by atoms with Crippen molar-refractivity contribution in [3.63, 3.8) is 0 Å². The summed E-state index contributed by atoms with van der Waals surface area (Å²) >= 11 is 0. The van der Waals surface area contributed by atoms with E-state index in [4.69, 9.17) is 11.1 Å². The summed E-state index contributed by atoms with van der Waals surface area (Å²) in [5, 5.41) is 11.6. The Hall–Kier alpha value is -2.30. The van der Waals surface area contributed by atoms with Crippen LogP contribution in [0.2, 0.25) is 0 Å². The monoisotopic (exact) mass is 257 g/mol. The van der Waals surface area contributed by atoms with E-state index in [1.54, 1.807) is 0 Å². The minimum atomic E-state index is 0.0990. The van der Waals surface area contributed by atoms with Crippen LogP contribution in [0, 0.1) is 5.41 Å². The zero-order valence-electron chi connectivity index (χ0n) is 11.3. The number of nitrogens with two attached hydrogens (primary N) is 1. The van der Waals surface area contributed by atoms with E-state index in [1.165, 1.54) is 5.69 Å². The molecule has 0 saturated carbocycles. The predicted molar refractivity (Wildman–Crippen MR) is 77.6 cm³/mol. The number of nitrogens with one attached hydrogen (secondary N) is 1. The summed E-state index contributed by atoms with van der Waals surface area (Å²) in [5.74, 6) is 0.0990. The molecule has 1 aromatic heterocycles. The van der Waals surface area contributed by atoms with Crippen LogP contribution in [0.1, 0.15) is 11.3 Å². The van der Waals surface area contributed by atoms with Crippen LogP contribution in [0.15, 0.2) is 36.5 Å². The lowest BCUT2D eigenvalue weighted by Crippen LogP contribution is -2.22. The van der Waals surface area contributed by atoms with Gasteiger partial charge in [0.25, 0.3) is 0 Å². The molecule has 0 amide bonds. The van der Waals surface area contributed by atoms with Crippen LogP contribution in [0.5, 0.6) is 0 Å². The summed E-state index contributed by atoms with van der Waals surface area (Å²) in [6.07, 6.45) is 2.74. The first-order valence-electron chi connectivity index (χ1n) is 6.20. The molecule has 3 N–H and O–H groups in total. The average molecular weight is 257 g/mol. The van der Waals surface area contributed by atoms with Crippen LogP contribution in [0.4, 0.5) is 5.69 Å². The first-order chi connectivity index (χ1) is 9.08. The summed E-state index contributed by atoms with van der Waals surface area (Å²) in [5.41, 5.74) is 8.53. The fourth-order valence-corrected chi connectivity index (χ4v) is 1.97. The molecule has 100 valence electrons. The molecule has 5 heteroatoms. The number of nitrogens with zero attached hydrogens (tertiary/aromatic N) is 3. The topological polar surface area (TPSA) is 70.9 Å². The van der Waals surface area contributed by atoms with Crippen molar-refractivity contribution < 1.29 is 0 Å². The maximum atomic E-state index is 7.46. The van der Waals surface area contributed by atoms with E-state index in [-0.39, 0.29) is 5.84 Å². The fraction of sp³-hybridized carbons (Fsp3) is 0.286. The lowest BCUT2D eigenvalue weighted by Gasteiger charge is -2.20. The van der Waals surface area contributed by atoms with E-state index in [2.05, 4.69) is 10.00 Å². The number of likely N-dealkylation sites (N-methyl/N-ethyl adjacent to an activating group) is 1. The number of nitrogen functional groups attached to an aromatic ring is 1. The van der Waals surface area contributed by atoms with Crippen molar-refractivity contribution in [2.24, 2.45) is 12.8 Å². The first kappa shape index (κ1) is 13.1. The van der Waals surface area contributed by atoms with Crippen LogP contribution >= 0.6 is 0 Å². The van der Waals surface area contributed by atoms with Crippen LogP contribution < -0.4 is 10.6 Å². The summed E-state index contributed by atoms with van der Waals surface area (Å²) < 4.78 is 1.89. The molecule has 0 unspecified atom stereocenters. The van der Waals surface area contributed by atoms with Gasteiger partial charge in [0.1, 0.15) is 5.84 Å².